The van der Waals surface area contributed by atoms with E-state index in [1.54, 1.807) is 7.11 Å². The summed E-state index contributed by atoms with van der Waals surface area (Å²) in [4.78, 5) is 0. The number of benzene rings is 2. The maximum atomic E-state index is 5.89. The van der Waals surface area contributed by atoms with Gasteiger partial charge in [0.05, 0.1) is 18.8 Å². The largest absolute Gasteiger partial charge is 0.489 e. The van der Waals surface area contributed by atoms with Gasteiger partial charge in [0.1, 0.15) is 12.4 Å². The average molecular weight is 340 g/mol. The third-order valence-electron chi connectivity index (χ3n) is 5.09. The number of hydrogen-bond donors (Lipinski definition) is 0. The van der Waals surface area contributed by atoms with Gasteiger partial charge in [0.2, 0.25) is 0 Å². The lowest BCUT2D eigenvalue weighted by Gasteiger charge is -2.34. The summed E-state index contributed by atoms with van der Waals surface area (Å²) >= 11 is 0. The van der Waals surface area contributed by atoms with Crippen LogP contribution in [0, 0.1) is 0 Å². The van der Waals surface area contributed by atoms with Gasteiger partial charge < -0.3 is 14.2 Å². The number of methoxy groups -OCH3 is 1. The highest BCUT2D eigenvalue weighted by molar-refractivity contribution is 5.33. The van der Waals surface area contributed by atoms with Crippen LogP contribution in [0.1, 0.15) is 37.8 Å². The van der Waals surface area contributed by atoms with E-state index in [0.717, 1.165) is 25.2 Å². The molecule has 0 saturated carbocycles. The summed E-state index contributed by atoms with van der Waals surface area (Å²) in [6.45, 7) is 5.99. The highest BCUT2D eigenvalue weighted by Crippen LogP contribution is 2.33. The molecule has 2 atom stereocenters. The molecule has 2 aromatic rings. The minimum atomic E-state index is -0.0540. The first kappa shape index (κ1) is 18.0. The van der Waals surface area contributed by atoms with E-state index in [2.05, 4.69) is 50.2 Å². The van der Waals surface area contributed by atoms with Crippen LogP contribution < -0.4 is 4.74 Å². The standard InChI is InChI=1S/C22H28O3/c1-22(2,21(23-3)14-13-20-16-25-20)18-9-11-19(12-10-18)24-15-17-7-5-4-6-8-17/h4-12,20-21H,13-16H2,1-3H3. The van der Waals surface area contributed by atoms with E-state index in [1.807, 2.05) is 18.2 Å². The second kappa shape index (κ2) is 8.03. The molecule has 0 bridgehead atoms. The van der Waals surface area contributed by atoms with Gasteiger partial charge in [0.25, 0.3) is 0 Å². The molecular weight excluding hydrogens is 312 g/mol. The summed E-state index contributed by atoms with van der Waals surface area (Å²) < 4.78 is 17.0. The highest BCUT2D eigenvalue weighted by Gasteiger charge is 2.33. The third kappa shape index (κ3) is 4.83. The molecule has 0 aliphatic carbocycles. The zero-order valence-corrected chi connectivity index (χ0v) is 15.4. The van der Waals surface area contributed by atoms with E-state index in [1.165, 1.54) is 11.1 Å². The van der Waals surface area contributed by atoms with Crippen molar-refractivity contribution in [2.75, 3.05) is 13.7 Å². The molecule has 3 nitrogen and oxygen atoms in total. The lowest BCUT2D eigenvalue weighted by Crippen LogP contribution is -2.35. The minimum absolute atomic E-state index is 0.0540. The Hall–Kier alpha value is -1.84. The first-order chi connectivity index (χ1) is 12.1. The molecule has 0 amide bonds. The van der Waals surface area contributed by atoms with E-state index in [0.29, 0.717) is 12.7 Å². The van der Waals surface area contributed by atoms with Gasteiger partial charge in [-0.15, -0.1) is 0 Å². The van der Waals surface area contributed by atoms with Gasteiger partial charge in [0.15, 0.2) is 0 Å². The third-order valence-corrected chi connectivity index (χ3v) is 5.09. The summed E-state index contributed by atoms with van der Waals surface area (Å²) in [5.41, 5.74) is 2.39. The van der Waals surface area contributed by atoms with Gasteiger partial charge in [0, 0.05) is 12.5 Å². The van der Waals surface area contributed by atoms with Crippen LogP contribution >= 0.6 is 0 Å². The van der Waals surface area contributed by atoms with E-state index in [4.69, 9.17) is 14.2 Å². The van der Waals surface area contributed by atoms with Gasteiger partial charge >= 0.3 is 0 Å². The molecule has 2 aromatic carbocycles. The predicted octanol–water partition coefficient (Wildman–Crippen LogP) is 4.74. The van der Waals surface area contributed by atoms with Crippen LogP contribution in [0.25, 0.3) is 0 Å². The van der Waals surface area contributed by atoms with Gasteiger partial charge in [-0.1, -0.05) is 56.3 Å². The lowest BCUT2D eigenvalue weighted by atomic mass is 9.77. The van der Waals surface area contributed by atoms with Crippen molar-refractivity contribution in [1.29, 1.82) is 0 Å². The van der Waals surface area contributed by atoms with Gasteiger partial charge in [-0.3, -0.25) is 0 Å². The molecule has 1 fully saturated rings. The topological polar surface area (TPSA) is 31.0 Å². The Morgan fingerprint density at radius 2 is 1.76 bits per heavy atom. The average Bonchev–Trinajstić information content (AvgIpc) is 3.46. The molecule has 0 radical (unpaired) electrons. The quantitative estimate of drug-likeness (QED) is 0.618. The molecule has 0 spiro atoms. The van der Waals surface area contributed by atoms with Crippen molar-refractivity contribution >= 4 is 0 Å². The van der Waals surface area contributed by atoms with E-state index in [-0.39, 0.29) is 11.5 Å². The van der Waals surface area contributed by atoms with Crippen LogP contribution in [0.3, 0.4) is 0 Å². The summed E-state index contributed by atoms with van der Waals surface area (Å²) in [6, 6.07) is 18.6. The maximum absolute atomic E-state index is 5.89. The highest BCUT2D eigenvalue weighted by atomic mass is 16.6. The molecule has 134 valence electrons. The SMILES string of the molecule is COC(CCC1CO1)C(C)(C)c1ccc(OCc2ccccc2)cc1. The summed E-state index contributed by atoms with van der Waals surface area (Å²) in [5.74, 6) is 0.892. The summed E-state index contributed by atoms with van der Waals surface area (Å²) in [7, 11) is 1.80. The first-order valence-corrected chi connectivity index (χ1v) is 9.01. The van der Waals surface area contributed by atoms with Crippen molar-refractivity contribution in [2.45, 2.75) is 50.9 Å². The Morgan fingerprint density at radius 3 is 2.36 bits per heavy atom. The minimum Gasteiger partial charge on any atom is -0.489 e. The van der Waals surface area contributed by atoms with Crippen molar-refractivity contribution in [3.05, 3.63) is 65.7 Å². The predicted molar refractivity (Wildman–Crippen MR) is 100 cm³/mol. The second-order valence-electron chi connectivity index (χ2n) is 7.28. The smallest absolute Gasteiger partial charge is 0.119 e. The van der Waals surface area contributed by atoms with E-state index in [9.17, 15) is 0 Å². The summed E-state index contributed by atoms with van der Waals surface area (Å²) in [5, 5.41) is 0. The van der Waals surface area contributed by atoms with Crippen molar-refractivity contribution in [1.82, 2.24) is 0 Å². The maximum Gasteiger partial charge on any atom is 0.119 e. The molecule has 3 rings (SSSR count). The van der Waals surface area contributed by atoms with Crippen LogP contribution in [0.5, 0.6) is 5.75 Å². The molecule has 0 aromatic heterocycles. The number of rotatable bonds is 9. The van der Waals surface area contributed by atoms with Crippen LogP contribution in [-0.4, -0.2) is 25.9 Å². The zero-order chi connectivity index (χ0) is 17.7. The number of hydrogen-bond acceptors (Lipinski definition) is 3. The van der Waals surface area contributed by atoms with Gasteiger partial charge in [-0.25, -0.2) is 0 Å². The molecule has 1 aliphatic heterocycles. The van der Waals surface area contributed by atoms with Crippen LogP contribution in [-0.2, 0) is 21.5 Å². The van der Waals surface area contributed by atoms with Gasteiger partial charge in [-0.2, -0.15) is 0 Å². The number of epoxide rings is 1. The summed E-state index contributed by atoms with van der Waals surface area (Å²) in [6.07, 6.45) is 2.70. The van der Waals surface area contributed by atoms with Crippen LogP contribution in [0.2, 0.25) is 0 Å². The Kier molecular flexibility index (Phi) is 5.77. The van der Waals surface area contributed by atoms with Crippen molar-refractivity contribution in [3.8, 4) is 5.75 Å². The van der Waals surface area contributed by atoms with Crippen LogP contribution in [0.4, 0.5) is 0 Å². The molecule has 1 heterocycles. The lowest BCUT2D eigenvalue weighted by molar-refractivity contribution is 0.0361. The normalized spacial score (nSPS) is 18.0. The molecule has 0 N–H and O–H groups in total. The van der Waals surface area contributed by atoms with E-state index >= 15 is 0 Å². The van der Waals surface area contributed by atoms with Crippen molar-refractivity contribution in [3.63, 3.8) is 0 Å². The molecule has 3 heteroatoms. The van der Waals surface area contributed by atoms with Crippen LogP contribution in [0.15, 0.2) is 54.6 Å². The molecule has 1 aliphatic rings. The van der Waals surface area contributed by atoms with Crippen molar-refractivity contribution in [2.24, 2.45) is 0 Å². The number of ether oxygens (including phenoxy) is 3. The molecule has 25 heavy (non-hydrogen) atoms. The molecule has 1 saturated heterocycles. The molecular formula is C22H28O3. The first-order valence-electron chi connectivity index (χ1n) is 9.01. The Morgan fingerprint density at radius 1 is 1.08 bits per heavy atom. The fraction of sp³-hybridized carbons (Fsp3) is 0.455. The van der Waals surface area contributed by atoms with Gasteiger partial charge in [-0.05, 0) is 36.1 Å². The Labute approximate surface area is 150 Å². The van der Waals surface area contributed by atoms with E-state index < -0.39 is 0 Å². The second-order valence-corrected chi connectivity index (χ2v) is 7.28. The Balaban J connectivity index is 1.61. The zero-order valence-electron chi connectivity index (χ0n) is 15.4. The van der Waals surface area contributed by atoms with Crippen molar-refractivity contribution < 1.29 is 14.2 Å². The fourth-order valence-electron chi connectivity index (χ4n) is 3.25. The monoisotopic (exact) mass is 340 g/mol. The molecule has 2 unspecified atom stereocenters. The fourth-order valence-corrected chi connectivity index (χ4v) is 3.25. The Bertz CT molecular complexity index is 645.